The Balaban J connectivity index is 1.49. The molecule has 3 aromatic rings. The predicted octanol–water partition coefficient (Wildman–Crippen LogP) is 3.49. The first-order valence-electron chi connectivity index (χ1n) is 9.94. The van der Waals surface area contributed by atoms with Gasteiger partial charge in [-0.3, -0.25) is 4.79 Å². The van der Waals surface area contributed by atoms with Gasteiger partial charge < -0.3 is 14.5 Å². The van der Waals surface area contributed by atoms with Crippen LogP contribution >= 0.6 is 11.6 Å². The van der Waals surface area contributed by atoms with Crippen LogP contribution in [-0.4, -0.2) is 44.9 Å². The molecule has 164 valence electrons. The van der Waals surface area contributed by atoms with Gasteiger partial charge in [-0.2, -0.15) is 4.31 Å². The van der Waals surface area contributed by atoms with E-state index in [1.54, 1.807) is 37.3 Å². The lowest BCUT2D eigenvalue weighted by atomic mass is 10.1. The molecule has 7 nitrogen and oxygen atoms in total. The van der Waals surface area contributed by atoms with Crippen LogP contribution in [-0.2, 0) is 27.1 Å². The van der Waals surface area contributed by atoms with Crippen LogP contribution in [0.15, 0.2) is 46.9 Å². The lowest BCUT2D eigenvalue weighted by molar-refractivity contribution is 0.0729. The molecule has 9 heteroatoms. The number of nitrogens with zero attached hydrogens (tertiary/aromatic N) is 1. The first kappa shape index (κ1) is 21.8. The molecular weight excluding hydrogens is 440 g/mol. The van der Waals surface area contributed by atoms with Gasteiger partial charge >= 0.3 is 0 Å². The summed E-state index contributed by atoms with van der Waals surface area (Å²) in [6, 6.07) is 12.4. The number of halogens is 1. The number of furan rings is 1. The number of carbonyl (C=O) groups is 1. The lowest BCUT2D eigenvalue weighted by Crippen LogP contribution is -2.41. The summed E-state index contributed by atoms with van der Waals surface area (Å²) in [7, 11) is -3.47. The van der Waals surface area contributed by atoms with E-state index in [-0.39, 0.29) is 24.0 Å². The van der Waals surface area contributed by atoms with Gasteiger partial charge in [0.1, 0.15) is 5.58 Å². The summed E-state index contributed by atoms with van der Waals surface area (Å²) in [5.74, 6) is -0.271. The standard InChI is InChI=1S/C22H23ClN2O5S/c1-15-19-12-18(23)6-7-20(19)30-21(15)22(26)24-13-16-4-2-3-5-17(16)14-31(27,28)25-8-10-29-11-9-25/h2-7,12H,8-11,13-14H2,1H3,(H,24,26). The molecule has 1 aromatic heterocycles. The Hall–Kier alpha value is -2.39. The number of benzene rings is 2. The molecule has 1 aliphatic heterocycles. The Labute approximate surface area is 186 Å². The van der Waals surface area contributed by atoms with E-state index in [1.165, 1.54) is 4.31 Å². The van der Waals surface area contributed by atoms with E-state index in [4.69, 9.17) is 20.8 Å². The molecular formula is C22H23ClN2O5S. The SMILES string of the molecule is Cc1c(C(=O)NCc2ccccc2CS(=O)(=O)N2CCOCC2)oc2ccc(Cl)cc12. The topological polar surface area (TPSA) is 88.9 Å². The fourth-order valence-corrected chi connectivity index (χ4v) is 5.38. The lowest BCUT2D eigenvalue weighted by Gasteiger charge is -2.26. The maximum Gasteiger partial charge on any atom is 0.287 e. The fraction of sp³-hybridized carbons (Fsp3) is 0.318. The highest BCUT2D eigenvalue weighted by atomic mass is 35.5. The van der Waals surface area contributed by atoms with E-state index < -0.39 is 10.0 Å². The van der Waals surface area contributed by atoms with Gasteiger partial charge in [-0.05, 0) is 36.2 Å². The minimum absolute atomic E-state index is 0.124. The minimum atomic E-state index is -3.47. The molecule has 1 fully saturated rings. The molecule has 1 saturated heterocycles. The van der Waals surface area contributed by atoms with Crippen molar-refractivity contribution >= 4 is 38.5 Å². The van der Waals surface area contributed by atoms with Crippen LogP contribution in [0.25, 0.3) is 11.0 Å². The van der Waals surface area contributed by atoms with Gasteiger partial charge in [0.15, 0.2) is 5.76 Å². The number of ether oxygens (including phenoxy) is 1. The normalized spacial score (nSPS) is 15.3. The number of rotatable bonds is 6. The molecule has 0 unspecified atom stereocenters. The van der Waals surface area contributed by atoms with E-state index >= 15 is 0 Å². The third kappa shape index (κ3) is 4.77. The molecule has 31 heavy (non-hydrogen) atoms. The van der Waals surface area contributed by atoms with Crippen LogP contribution in [0.3, 0.4) is 0 Å². The van der Waals surface area contributed by atoms with Gasteiger partial charge in [-0.1, -0.05) is 35.9 Å². The number of aryl methyl sites for hydroxylation is 1. The van der Waals surface area contributed by atoms with Crippen LogP contribution in [0.4, 0.5) is 0 Å². The first-order chi connectivity index (χ1) is 14.8. The molecule has 1 amide bonds. The van der Waals surface area contributed by atoms with Crippen molar-refractivity contribution in [2.75, 3.05) is 26.3 Å². The van der Waals surface area contributed by atoms with Crippen molar-refractivity contribution in [3.63, 3.8) is 0 Å². The zero-order valence-corrected chi connectivity index (χ0v) is 18.6. The van der Waals surface area contributed by atoms with Crippen molar-refractivity contribution < 1.29 is 22.4 Å². The molecule has 1 N–H and O–H groups in total. The second-order valence-electron chi connectivity index (χ2n) is 7.42. The zero-order chi connectivity index (χ0) is 22.0. The molecule has 0 bridgehead atoms. The number of hydrogen-bond acceptors (Lipinski definition) is 5. The summed E-state index contributed by atoms with van der Waals surface area (Å²) < 4.78 is 38.0. The van der Waals surface area contributed by atoms with Crippen molar-refractivity contribution in [2.24, 2.45) is 0 Å². The van der Waals surface area contributed by atoms with Crippen LogP contribution in [0.5, 0.6) is 0 Å². The average molecular weight is 463 g/mol. The zero-order valence-electron chi connectivity index (χ0n) is 17.1. The Bertz CT molecular complexity index is 1220. The van der Waals surface area contributed by atoms with E-state index in [1.807, 2.05) is 12.1 Å². The number of amides is 1. The average Bonchev–Trinajstić information content (AvgIpc) is 3.09. The van der Waals surface area contributed by atoms with Gasteiger partial charge in [0.2, 0.25) is 10.0 Å². The molecule has 0 aliphatic carbocycles. The van der Waals surface area contributed by atoms with Crippen LogP contribution in [0.2, 0.25) is 5.02 Å². The number of hydrogen-bond donors (Lipinski definition) is 1. The first-order valence-corrected chi connectivity index (χ1v) is 11.9. The summed E-state index contributed by atoms with van der Waals surface area (Å²) in [6.07, 6.45) is 0. The second-order valence-corrected chi connectivity index (χ2v) is 9.82. The molecule has 4 rings (SSSR count). The monoisotopic (exact) mass is 462 g/mol. The molecule has 0 atom stereocenters. The highest BCUT2D eigenvalue weighted by Gasteiger charge is 2.25. The Morgan fingerprint density at radius 3 is 2.58 bits per heavy atom. The molecule has 2 heterocycles. The largest absolute Gasteiger partial charge is 0.451 e. The molecule has 0 spiro atoms. The van der Waals surface area contributed by atoms with E-state index in [0.29, 0.717) is 48.0 Å². The Kier molecular flexibility index (Phi) is 6.34. The third-order valence-corrected chi connectivity index (χ3v) is 7.43. The highest BCUT2D eigenvalue weighted by molar-refractivity contribution is 7.88. The molecule has 2 aromatic carbocycles. The maximum absolute atomic E-state index is 12.8. The third-order valence-electron chi connectivity index (χ3n) is 5.36. The summed E-state index contributed by atoms with van der Waals surface area (Å²) >= 11 is 6.05. The quantitative estimate of drug-likeness (QED) is 0.605. The van der Waals surface area contributed by atoms with E-state index in [2.05, 4.69) is 5.32 Å². The number of morpholine rings is 1. The van der Waals surface area contributed by atoms with Crippen molar-refractivity contribution in [2.45, 2.75) is 19.2 Å². The van der Waals surface area contributed by atoms with Gasteiger partial charge in [0.25, 0.3) is 5.91 Å². The van der Waals surface area contributed by atoms with Crippen LogP contribution in [0.1, 0.15) is 27.2 Å². The summed E-state index contributed by atoms with van der Waals surface area (Å²) in [4.78, 5) is 12.8. The van der Waals surface area contributed by atoms with Crippen LogP contribution < -0.4 is 5.32 Å². The minimum Gasteiger partial charge on any atom is -0.451 e. The Morgan fingerprint density at radius 2 is 1.84 bits per heavy atom. The van der Waals surface area contributed by atoms with Crippen molar-refractivity contribution in [3.05, 3.63) is 69.9 Å². The summed E-state index contributed by atoms with van der Waals surface area (Å²) in [5, 5.41) is 4.20. The Morgan fingerprint density at radius 1 is 1.13 bits per heavy atom. The smallest absolute Gasteiger partial charge is 0.287 e. The predicted molar refractivity (Wildman–Crippen MR) is 119 cm³/mol. The van der Waals surface area contributed by atoms with Crippen LogP contribution in [0, 0.1) is 6.92 Å². The summed E-state index contributed by atoms with van der Waals surface area (Å²) in [6.45, 7) is 3.51. The molecule has 0 saturated carbocycles. The fourth-order valence-electron chi connectivity index (χ4n) is 3.65. The van der Waals surface area contributed by atoms with Gasteiger partial charge in [0, 0.05) is 35.6 Å². The van der Waals surface area contributed by atoms with Gasteiger partial charge in [-0.25, -0.2) is 8.42 Å². The van der Waals surface area contributed by atoms with E-state index in [9.17, 15) is 13.2 Å². The second kappa shape index (κ2) is 9.00. The number of fused-ring (bicyclic) bond motifs is 1. The van der Waals surface area contributed by atoms with Crippen molar-refractivity contribution in [1.82, 2.24) is 9.62 Å². The van der Waals surface area contributed by atoms with Crippen molar-refractivity contribution in [3.8, 4) is 0 Å². The number of sulfonamides is 1. The van der Waals surface area contributed by atoms with Crippen molar-refractivity contribution in [1.29, 1.82) is 0 Å². The van der Waals surface area contributed by atoms with E-state index in [0.717, 1.165) is 10.9 Å². The van der Waals surface area contributed by atoms with Gasteiger partial charge in [0.05, 0.1) is 19.0 Å². The number of nitrogens with one attached hydrogen (secondary N) is 1. The molecule has 1 aliphatic rings. The summed E-state index contributed by atoms with van der Waals surface area (Å²) in [5.41, 5.74) is 2.69. The maximum atomic E-state index is 12.8. The highest BCUT2D eigenvalue weighted by Crippen LogP contribution is 2.28. The van der Waals surface area contributed by atoms with Gasteiger partial charge in [-0.15, -0.1) is 0 Å². The molecule has 0 radical (unpaired) electrons. The number of carbonyl (C=O) groups excluding carboxylic acids is 1.